The highest BCUT2D eigenvalue weighted by atomic mass is 35.5. The lowest BCUT2D eigenvalue weighted by Gasteiger charge is -2.30. The van der Waals surface area contributed by atoms with Gasteiger partial charge in [0.2, 0.25) is 0 Å². The van der Waals surface area contributed by atoms with Gasteiger partial charge in [0.15, 0.2) is 0 Å². The van der Waals surface area contributed by atoms with Gasteiger partial charge < -0.3 is 15.2 Å². The van der Waals surface area contributed by atoms with Crippen LogP contribution in [0.15, 0.2) is 24.3 Å². The van der Waals surface area contributed by atoms with E-state index in [1.165, 1.54) is 6.42 Å². The zero-order valence-electron chi connectivity index (χ0n) is 12.8. The summed E-state index contributed by atoms with van der Waals surface area (Å²) in [7, 11) is 0. The van der Waals surface area contributed by atoms with E-state index in [-0.39, 0.29) is 12.4 Å². The maximum atomic E-state index is 5.97. The van der Waals surface area contributed by atoms with E-state index in [2.05, 4.69) is 11.8 Å². The lowest BCUT2D eigenvalue weighted by atomic mass is 10.1. The average molecular weight is 315 g/mol. The van der Waals surface area contributed by atoms with Crippen molar-refractivity contribution >= 4 is 12.4 Å². The largest absolute Gasteiger partial charge is 0.494 e. The van der Waals surface area contributed by atoms with Crippen LogP contribution in [0.5, 0.6) is 11.5 Å². The molecule has 1 aromatic rings. The average Bonchev–Trinajstić information content (AvgIpc) is 2.46. The molecule has 1 heterocycles. The molecule has 2 rings (SSSR count). The van der Waals surface area contributed by atoms with Crippen LogP contribution in [-0.2, 0) is 0 Å². The van der Waals surface area contributed by atoms with Gasteiger partial charge in [-0.2, -0.15) is 0 Å². The number of hydrogen-bond acceptors (Lipinski definition) is 4. The summed E-state index contributed by atoms with van der Waals surface area (Å²) in [6, 6.07) is 8.18. The van der Waals surface area contributed by atoms with Crippen molar-refractivity contribution in [1.82, 2.24) is 4.90 Å². The molecular formula is C16H27ClN2O2. The highest BCUT2D eigenvalue weighted by Gasteiger charge is 2.15. The van der Waals surface area contributed by atoms with Crippen LogP contribution in [-0.4, -0.2) is 43.8 Å². The number of nitrogens with zero attached hydrogens (tertiary/aromatic N) is 1. The van der Waals surface area contributed by atoms with Gasteiger partial charge in [-0.3, -0.25) is 4.90 Å². The molecule has 0 unspecified atom stereocenters. The van der Waals surface area contributed by atoms with Crippen LogP contribution in [0.1, 0.15) is 26.2 Å². The third kappa shape index (κ3) is 6.55. The fraction of sp³-hybridized carbons (Fsp3) is 0.625. The Morgan fingerprint density at radius 3 is 2.33 bits per heavy atom. The van der Waals surface area contributed by atoms with E-state index in [0.717, 1.165) is 50.6 Å². The lowest BCUT2D eigenvalue weighted by Crippen LogP contribution is -2.44. The van der Waals surface area contributed by atoms with Crippen molar-refractivity contribution in [3.05, 3.63) is 24.3 Å². The smallest absolute Gasteiger partial charge is 0.119 e. The molecule has 0 aliphatic carbocycles. The molecule has 0 radical (unpaired) electrons. The summed E-state index contributed by atoms with van der Waals surface area (Å²) in [5.41, 5.74) is 5.97. The monoisotopic (exact) mass is 314 g/mol. The van der Waals surface area contributed by atoms with Crippen molar-refractivity contribution in [2.45, 2.75) is 32.2 Å². The van der Waals surface area contributed by atoms with Crippen LogP contribution in [0.2, 0.25) is 0 Å². The third-order valence-electron chi connectivity index (χ3n) is 3.51. The second-order valence-electron chi connectivity index (χ2n) is 5.37. The SMILES string of the molecule is CCCOc1ccc(OCCN2CCC[C@@H](N)C2)cc1.Cl. The van der Waals surface area contributed by atoms with E-state index in [1.807, 2.05) is 24.3 Å². The Labute approximate surface area is 134 Å². The van der Waals surface area contributed by atoms with E-state index in [1.54, 1.807) is 0 Å². The molecular weight excluding hydrogens is 288 g/mol. The molecule has 0 bridgehead atoms. The molecule has 0 saturated carbocycles. The summed E-state index contributed by atoms with van der Waals surface area (Å²) in [6.07, 6.45) is 3.37. The normalized spacial score (nSPS) is 18.9. The molecule has 1 fully saturated rings. The molecule has 1 saturated heterocycles. The predicted molar refractivity (Wildman–Crippen MR) is 88.6 cm³/mol. The number of likely N-dealkylation sites (tertiary alicyclic amines) is 1. The molecule has 5 heteroatoms. The lowest BCUT2D eigenvalue weighted by molar-refractivity contribution is 0.171. The van der Waals surface area contributed by atoms with Gasteiger partial charge in [0.25, 0.3) is 0 Å². The summed E-state index contributed by atoms with van der Waals surface area (Å²) >= 11 is 0. The Balaban J connectivity index is 0.00000220. The zero-order valence-corrected chi connectivity index (χ0v) is 13.6. The summed E-state index contributed by atoms with van der Waals surface area (Å²) < 4.78 is 11.3. The molecule has 120 valence electrons. The Morgan fingerprint density at radius 1 is 1.14 bits per heavy atom. The van der Waals surface area contributed by atoms with Crippen molar-refractivity contribution in [2.75, 3.05) is 32.8 Å². The standard InChI is InChI=1S/C16H26N2O2.ClH/c1-2-11-19-15-5-7-16(8-6-15)20-12-10-18-9-3-4-14(17)13-18;/h5-8,14H,2-4,9-13,17H2,1H3;1H/t14-;/m1./s1. The van der Waals surface area contributed by atoms with E-state index in [0.29, 0.717) is 12.6 Å². The number of nitrogens with two attached hydrogens (primary N) is 1. The molecule has 0 aromatic heterocycles. The first-order valence-corrected chi connectivity index (χ1v) is 7.61. The second-order valence-corrected chi connectivity index (χ2v) is 5.37. The summed E-state index contributed by atoms with van der Waals surface area (Å²) in [5, 5.41) is 0. The van der Waals surface area contributed by atoms with Crippen LogP contribution >= 0.6 is 12.4 Å². The second kappa shape index (κ2) is 9.87. The zero-order chi connectivity index (χ0) is 14.2. The fourth-order valence-electron chi connectivity index (χ4n) is 2.44. The van der Waals surface area contributed by atoms with Crippen LogP contribution in [0.3, 0.4) is 0 Å². The quantitative estimate of drug-likeness (QED) is 0.840. The molecule has 0 spiro atoms. The summed E-state index contributed by atoms with van der Waals surface area (Å²) in [4.78, 5) is 2.38. The van der Waals surface area contributed by atoms with Gasteiger partial charge >= 0.3 is 0 Å². The van der Waals surface area contributed by atoms with E-state index in [9.17, 15) is 0 Å². The fourth-order valence-corrected chi connectivity index (χ4v) is 2.44. The predicted octanol–water partition coefficient (Wildman–Crippen LogP) is 2.70. The number of benzene rings is 1. The van der Waals surface area contributed by atoms with Crippen molar-refractivity contribution in [1.29, 1.82) is 0 Å². The highest BCUT2D eigenvalue weighted by molar-refractivity contribution is 5.85. The minimum absolute atomic E-state index is 0. The number of ether oxygens (including phenoxy) is 2. The summed E-state index contributed by atoms with van der Waals surface area (Å²) in [5.74, 6) is 1.80. The first kappa shape index (κ1) is 18.1. The number of halogens is 1. The van der Waals surface area contributed by atoms with Crippen LogP contribution in [0, 0.1) is 0 Å². The van der Waals surface area contributed by atoms with Crippen molar-refractivity contribution in [3.8, 4) is 11.5 Å². The Bertz CT molecular complexity index is 386. The van der Waals surface area contributed by atoms with Gasteiger partial charge in [-0.05, 0) is 50.1 Å². The molecule has 4 nitrogen and oxygen atoms in total. The summed E-state index contributed by atoms with van der Waals surface area (Å²) in [6.45, 7) is 6.65. The third-order valence-corrected chi connectivity index (χ3v) is 3.51. The Morgan fingerprint density at radius 2 is 1.76 bits per heavy atom. The first-order chi connectivity index (χ1) is 9.78. The van der Waals surface area contributed by atoms with Crippen molar-refractivity contribution in [2.24, 2.45) is 5.73 Å². The van der Waals surface area contributed by atoms with Crippen LogP contribution < -0.4 is 15.2 Å². The first-order valence-electron chi connectivity index (χ1n) is 7.61. The van der Waals surface area contributed by atoms with Crippen molar-refractivity contribution in [3.63, 3.8) is 0 Å². The molecule has 2 N–H and O–H groups in total. The van der Waals surface area contributed by atoms with Gasteiger partial charge in [-0.15, -0.1) is 12.4 Å². The number of hydrogen-bond donors (Lipinski definition) is 1. The molecule has 0 amide bonds. The van der Waals surface area contributed by atoms with Gasteiger partial charge in [-0.1, -0.05) is 6.92 Å². The molecule has 1 aromatic carbocycles. The molecule has 21 heavy (non-hydrogen) atoms. The maximum absolute atomic E-state index is 5.97. The van der Waals surface area contributed by atoms with Gasteiger partial charge in [0.05, 0.1) is 6.61 Å². The number of rotatable bonds is 7. The van der Waals surface area contributed by atoms with Crippen LogP contribution in [0.4, 0.5) is 0 Å². The molecule has 1 atom stereocenters. The van der Waals surface area contributed by atoms with E-state index < -0.39 is 0 Å². The van der Waals surface area contributed by atoms with E-state index in [4.69, 9.17) is 15.2 Å². The van der Waals surface area contributed by atoms with Crippen molar-refractivity contribution < 1.29 is 9.47 Å². The van der Waals surface area contributed by atoms with Crippen LogP contribution in [0.25, 0.3) is 0 Å². The van der Waals surface area contributed by atoms with Gasteiger partial charge in [0.1, 0.15) is 18.1 Å². The maximum Gasteiger partial charge on any atom is 0.119 e. The highest BCUT2D eigenvalue weighted by Crippen LogP contribution is 2.18. The topological polar surface area (TPSA) is 47.7 Å². The van der Waals surface area contributed by atoms with Gasteiger partial charge in [-0.25, -0.2) is 0 Å². The van der Waals surface area contributed by atoms with E-state index >= 15 is 0 Å². The molecule has 1 aliphatic heterocycles. The Kier molecular flexibility index (Phi) is 8.50. The molecule has 1 aliphatic rings. The van der Waals surface area contributed by atoms with Gasteiger partial charge in [0, 0.05) is 19.1 Å². The number of piperidine rings is 1. The minimum Gasteiger partial charge on any atom is -0.494 e. The Hall–Kier alpha value is -0.970. The minimum atomic E-state index is 0.